The summed E-state index contributed by atoms with van der Waals surface area (Å²) in [5.74, 6) is 0.360. The fourth-order valence-corrected chi connectivity index (χ4v) is 3.97. The summed E-state index contributed by atoms with van der Waals surface area (Å²) in [5.41, 5.74) is 0. The Morgan fingerprint density at radius 2 is 1.71 bits per heavy atom. The van der Waals surface area contributed by atoms with E-state index in [0.29, 0.717) is 31.7 Å². The van der Waals surface area contributed by atoms with Crippen molar-refractivity contribution in [3.8, 4) is 11.5 Å². The maximum absolute atomic E-state index is 13.3. The Labute approximate surface area is 144 Å². The Morgan fingerprint density at radius 1 is 1.04 bits per heavy atom. The zero-order chi connectivity index (χ0) is 17.8. The fraction of sp³-hybridized carbons (Fsp3) is 0.647. The zero-order valence-corrected chi connectivity index (χ0v) is 15.6. The molecule has 0 aliphatic rings. The van der Waals surface area contributed by atoms with Gasteiger partial charge in [-0.15, -0.1) is 0 Å². The van der Waals surface area contributed by atoms with Gasteiger partial charge in [0.2, 0.25) is 0 Å². The molecule has 0 aliphatic heterocycles. The summed E-state index contributed by atoms with van der Waals surface area (Å²) < 4.78 is 46.5. The second-order valence-corrected chi connectivity index (χ2v) is 7.41. The lowest BCUT2D eigenvalue weighted by molar-refractivity contribution is 0.219. The predicted molar refractivity (Wildman–Crippen MR) is 92.6 cm³/mol. The first-order valence-corrected chi connectivity index (χ1v) is 10.1. The van der Waals surface area contributed by atoms with Crippen molar-refractivity contribution in [1.82, 2.24) is 0 Å². The van der Waals surface area contributed by atoms with Crippen LogP contribution in [-0.2, 0) is 13.6 Å². The molecule has 1 aromatic rings. The number of ether oxygens (including phenoxy) is 2. The maximum atomic E-state index is 13.3. The largest absolute Gasteiger partial charge is 0.494 e. The molecule has 138 valence electrons. The lowest BCUT2D eigenvalue weighted by atomic mass is 10.2. The minimum Gasteiger partial charge on any atom is -0.494 e. The SMILES string of the molecule is CCOP(=O)(CCCCCCOc1ccc(F)c(OC)c1)OCC. The van der Waals surface area contributed by atoms with E-state index in [4.69, 9.17) is 18.5 Å². The zero-order valence-electron chi connectivity index (χ0n) is 14.8. The van der Waals surface area contributed by atoms with Gasteiger partial charge in [0.15, 0.2) is 11.6 Å². The van der Waals surface area contributed by atoms with Crippen molar-refractivity contribution < 1.29 is 27.5 Å². The van der Waals surface area contributed by atoms with Crippen LogP contribution in [0.2, 0.25) is 0 Å². The van der Waals surface area contributed by atoms with E-state index in [1.807, 2.05) is 13.8 Å². The molecule has 0 amide bonds. The molecule has 7 heteroatoms. The summed E-state index contributed by atoms with van der Waals surface area (Å²) in [6, 6.07) is 4.45. The van der Waals surface area contributed by atoms with Crippen LogP contribution in [0.5, 0.6) is 11.5 Å². The van der Waals surface area contributed by atoms with Crippen LogP contribution >= 0.6 is 7.60 Å². The van der Waals surface area contributed by atoms with Crippen molar-refractivity contribution in [3.05, 3.63) is 24.0 Å². The third-order valence-corrected chi connectivity index (χ3v) is 5.54. The van der Waals surface area contributed by atoms with Gasteiger partial charge < -0.3 is 18.5 Å². The van der Waals surface area contributed by atoms with E-state index < -0.39 is 13.4 Å². The summed E-state index contributed by atoms with van der Waals surface area (Å²) in [6.45, 7) is 4.96. The van der Waals surface area contributed by atoms with Crippen LogP contribution in [-0.4, -0.2) is 33.1 Å². The van der Waals surface area contributed by atoms with Gasteiger partial charge in [0.25, 0.3) is 0 Å². The molecule has 0 aromatic heterocycles. The predicted octanol–water partition coefficient (Wildman–Crippen LogP) is 5.04. The van der Waals surface area contributed by atoms with Crippen molar-refractivity contribution in [1.29, 1.82) is 0 Å². The summed E-state index contributed by atoms with van der Waals surface area (Å²) in [5, 5.41) is 0. The highest BCUT2D eigenvalue weighted by molar-refractivity contribution is 7.53. The van der Waals surface area contributed by atoms with Crippen LogP contribution < -0.4 is 9.47 Å². The number of rotatable bonds is 13. The molecule has 0 fully saturated rings. The number of unbranched alkanes of at least 4 members (excludes halogenated alkanes) is 3. The Kier molecular flexibility index (Phi) is 9.99. The number of halogens is 1. The minimum atomic E-state index is -2.92. The summed E-state index contributed by atoms with van der Waals surface area (Å²) in [4.78, 5) is 0. The summed E-state index contributed by atoms with van der Waals surface area (Å²) in [7, 11) is -1.50. The van der Waals surface area contributed by atoms with Gasteiger partial charge in [0.1, 0.15) is 5.75 Å². The third kappa shape index (κ3) is 7.65. The van der Waals surface area contributed by atoms with Crippen molar-refractivity contribution >= 4 is 7.60 Å². The summed E-state index contributed by atoms with van der Waals surface area (Å²) >= 11 is 0. The molecular weight excluding hydrogens is 334 g/mol. The molecule has 0 spiro atoms. The lowest BCUT2D eigenvalue weighted by Gasteiger charge is -2.16. The van der Waals surface area contributed by atoms with E-state index in [-0.39, 0.29) is 5.75 Å². The quantitative estimate of drug-likeness (QED) is 0.363. The average Bonchev–Trinajstić information content (AvgIpc) is 2.55. The van der Waals surface area contributed by atoms with Gasteiger partial charge in [-0.1, -0.05) is 12.8 Å². The highest BCUT2D eigenvalue weighted by Gasteiger charge is 2.22. The molecule has 0 bridgehead atoms. The van der Waals surface area contributed by atoms with Crippen molar-refractivity contribution in [3.63, 3.8) is 0 Å². The second-order valence-electron chi connectivity index (χ2n) is 5.23. The molecule has 0 unspecified atom stereocenters. The van der Waals surface area contributed by atoms with Crippen LogP contribution in [0.25, 0.3) is 0 Å². The van der Waals surface area contributed by atoms with Gasteiger partial charge in [0, 0.05) is 6.07 Å². The molecule has 0 heterocycles. The first-order valence-electron chi connectivity index (χ1n) is 8.39. The monoisotopic (exact) mass is 362 g/mol. The van der Waals surface area contributed by atoms with Gasteiger partial charge in [-0.05, 0) is 38.8 Å². The smallest absolute Gasteiger partial charge is 0.330 e. The van der Waals surface area contributed by atoms with Crippen LogP contribution in [0.3, 0.4) is 0 Å². The van der Waals surface area contributed by atoms with Gasteiger partial charge in [-0.3, -0.25) is 4.57 Å². The average molecular weight is 362 g/mol. The van der Waals surface area contributed by atoms with E-state index in [1.54, 1.807) is 6.07 Å². The number of benzene rings is 1. The van der Waals surface area contributed by atoms with E-state index in [2.05, 4.69) is 0 Å². The number of hydrogen-bond donors (Lipinski definition) is 0. The normalized spacial score (nSPS) is 11.5. The van der Waals surface area contributed by atoms with Crippen molar-refractivity contribution in [2.24, 2.45) is 0 Å². The van der Waals surface area contributed by atoms with Crippen LogP contribution in [0.4, 0.5) is 4.39 Å². The topological polar surface area (TPSA) is 54.0 Å². The van der Waals surface area contributed by atoms with Gasteiger partial charge in [-0.2, -0.15) is 0 Å². The second kappa shape index (κ2) is 11.5. The molecule has 0 saturated heterocycles. The van der Waals surface area contributed by atoms with Gasteiger partial charge in [0.05, 0.1) is 33.1 Å². The van der Waals surface area contributed by atoms with E-state index >= 15 is 0 Å². The fourth-order valence-electron chi connectivity index (χ4n) is 2.24. The highest BCUT2D eigenvalue weighted by atomic mass is 31.2. The number of methoxy groups -OCH3 is 1. The van der Waals surface area contributed by atoms with Crippen molar-refractivity contribution in [2.75, 3.05) is 33.1 Å². The standard InChI is InChI=1S/C17H28FO5P/c1-4-22-24(19,23-5-2)13-9-7-6-8-12-21-15-10-11-16(18)17(14-15)20-3/h10-11,14H,4-9,12-13H2,1-3H3. The molecule has 0 aliphatic carbocycles. The first-order chi connectivity index (χ1) is 11.5. The minimum absolute atomic E-state index is 0.176. The summed E-state index contributed by atoms with van der Waals surface area (Å²) in [6.07, 6.45) is 4.00. The molecule has 0 atom stereocenters. The Hall–Kier alpha value is -1.10. The molecule has 0 saturated carbocycles. The van der Waals surface area contributed by atoms with Crippen LogP contribution in [0.1, 0.15) is 39.5 Å². The Balaban J connectivity index is 2.19. The molecule has 5 nitrogen and oxygen atoms in total. The molecular formula is C17H28FO5P. The number of hydrogen-bond acceptors (Lipinski definition) is 5. The van der Waals surface area contributed by atoms with E-state index in [0.717, 1.165) is 25.7 Å². The molecule has 1 aromatic carbocycles. The lowest BCUT2D eigenvalue weighted by Crippen LogP contribution is -2.01. The van der Waals surface area contributed by atoms with E-state index in [9.17, 15) is 8.96 Å². The Bertz CT molecular complexity index is 514. The molecule has 1 rings (SSSR count). The van der Waals surface area contributed by atoms with Crippen LogP contribution in [0.15, 0.2) is 18.2 Å². The van der Waals surface area contributed by atoms with Crippen LogP contribution in [0, 0.1) is 5.82 Å². The van der Waals surface area contributed by atoms with E-state index in [1.165, 1.54) is 19.2 Å². The maximum Gasteiger partial charge on any atom is 0.330 e. The molecule has 24 heavy (non-hydrogen) atoms. The molecule has 0 radical (unpaired) electrons. The van der Waals surface area contributed by atoms with Crippen molar-refractivity contribution in [2.45, 2.75) is 39.5 Å². The first kappa shape index (κ1) is 20.9. The third-order valence-electron chi connectivity index (χ3n) is 3.37. The highest BCUT2D eigenvalue weighted by Crippen LogP contribution is 2.48. The van der Waals surface area contributed by atoms with Gasteiger partial charge >= 0.3 is 7.60 Å². The molecule has 0 N–H and O–H groups in total. The van der Waals surface area contributed by atoms with Gasteiger partial charge in [-0.25, -0.2) is 4.39 Å². The Morgan fingerprint density at radius 3 is 2.33 bits per heavy atom.